The number of hydrogen-bond donors (Lipinski definition) is 0. The van der Waals surface area contributed by atoms with Crippen molar-refractivity contribution in [1.29, 1.82) is 0 Å². The fourth-order valence-electron chi connectivity index (χ4n) is 2.41. The summed E-state index contributed by atoms with van der Waals surface area (Å²) in [6.07, 6.45) is 2.58. The van der Waals surface area contributed by atoms with Crippen LogP contribution in [-0.4, -0.2) is 17.7 Å². The van der Waals surface area contributed by atoms with Crippen LogP contribution in [0.15, 0.2) is 79.0 Å². The zero-order chi connectivity index (χ0) is 16.6. The molecule has 0 spiro atoms. The molecular weight excluding hydrogens is 298 g/mol. The van der Waals surface area contributed by atoms with Crippen molar-refractivity contribution in [2.24, 2.45) is 0 Å². The van der Waals surface area contributed by atoms with Gasteiger partial charge in [-0.25, -0.2) is 4.98 Å². The molecule has 0 aliphatic heterocycles. The van der Waals surface area contributed by atoms with E-state index in [0.717, 1.165) is 12.2 Å². The van der Waals surface area contributed by atoms with E-state index in [-0.39, 0.29) is 6.10 Å². The van der Waals surface area contributed by atoms with Gasteiger partial charge in [0.1, 0.15) is 18.5 Å². The lowest BCUT2D eigenvalue weighted by atomic mass is 10.1. The molecule has 0 aliphatic rings. The molecule has 0 N–H and O–H groups in total. The van der Waals surface area contributed by atoms with Crippen LogP contribution >= 0.6 is 0 Å². The normalized spacial score (nSPS) is 11.7. The van der Waals surface area contributed by atoms with E-state index in [0.29, 0.717) is 12.5 Å². The van der Waals surface area contributed by atoms with Gasteiger partial charge >= 0.3 is 0 Å². The molecule has 0 saturated heterocycles. The fourth-order valence-corrected chi connectivity index (χ4v) is 2.41. The van der Waals surface area contributed by atoms with Crippen molar-refractivity contribution in [3.63, 3.8) is 0 Å². The molecule has 3 rings (SSSR count). The third kappa shape index (κ3) is 4.85. The second-order valence-corrected chi connectivity index (χ2v) is 5.71. The van der Waals surface area contributed by atoms with E-state index in [9.17, 15) is 0 Å². The first-order valence-electron chi connectivity index (χ1n) is 8.13. The third-order valence-electron chi connectivity index (χ3n) is 3.62. The molecule has 0 radical (unpaired) electrons. The molecule has 0 aliphatic carbocycles. The number of aromatic nitrogens is 1. The van der Waals surface area contributed by atoms with Gasteiger partial charge in [-0.3, -0.25) is 0 Å². The Balaban J connectivity index is 1.49. The quantitative estimate of drug-likeness (QED) is 0.641. The van der Waals surface area contributed by atoms with Crippen LogP contribution in [0.25, 0.3) is 0 Å². The lowest BCUT2D eigenvalue weighted by Gasteiger charge is -2.15. The van der Waals surface area contributed by atoms with Gasteiger partial charge in [0.05, 0.1) is 0 Å². The molecule has 1 aromatic heterocycles. The zero-order valence-electron chi connectivity index (χ0n) is 13.8. The molecule has 0 saturated carbocycles. The third-order valence-corrected chi connectivity index (χ3v) is 3.62. The van der Waals surface area contributed by atoms with Gasteiger partial charge in [-0.05, 0) is 42.7 Å². The standard InChI is InChI=1S/C21H21NO2/c1-17(24-21-9-5-6-14-22-21)16-23-20-12-10-19(11-13-20)15-18-7-3-2-4-8-18/h2-14,17H,15-16H2,1H3. The SMILES string of the molecule is CC(COc1ccc(Cc2ccccc2)cc1)Oc1ccccn1. The van der Waals surface area contributed by atoms with E-state index in [1.807, 2.05) is 43.3 Å². The number of rotatable bonds is 7. The van der Waals surface area contributed by atoms with Crippen molar-refractivity contribution in [2.45, 2.75) is 19.4 Å². The largest absolute Gasteiger partial charge is 0.490 e. The summed E-state index contributed by atoms with van der Waals surface area (Å²) in [5.41, 5.74) is 2.58. The minimum absolute atomic E-state index is 0.0658. The highest BCUT2D eigenvalue weighted by atomic mass is 16.5. The van der Waals surface area contributed by atoms with Gasteiger partial charge in [-0.1, -0.05) is 48.5 Å². The average Bonchev–Trinajstić information content (AvgIpc) is 2.63. The van der Waals surface area contributed by atoms with Crippen LogP contribution in [0.1, 0.15) is 18.1 Å². The van der Waals surface area contributed by atoms with Crippen LogP contribution < -0.4 is 9.47 Å². The Labute approximate surface area is 142 Å². The monoisotopic (exact) mass is 319 g/mol. The van der Waals surface area contributed by atoms with Crippen molar-refractivity contribution in [2.75, 3.05) is 6.61 Å². The summed E-state index contributed by atoms with van der Waals surface area (Å²) < 4.78 is 11.5. The average molecular weight is 319 g/mol. The Bertz CT molecular complexity index is 727. The summed E-state index contributed by atoms with van der Waals surface area (Å²) in [7, 11) is 0. The molecule has 24 heavy (non-hydrogen) atoms. The summed E-state index contributed by atoms with van der Waals surface area (Å²) in [5.74, 6) is 1.47. The van der Waals surface area contributed by atoms with Crippen LogP contribution in [0.5, 0.6) is 11.6 Å². The molecule has 1 heterocycles. The van der Waals surface area contributed by atoms with Crippen molar-refractivity contribution in [1.82, 2.24) is 4.98 Å². The molecule has 3 nitrogen and oxygen atoms in total. The molecule has 1 atom stereocenters. The van der Waals surface area contributed by atoms with Gasteiger partial charge < -0.3 is 9.47 Å². The maximum absolute atomic E-state index is 5.79. The molecule has 0 fully saturated rings. The highest BCUT2D eigenvalue weighted by molar-refractivity contribution is 5.31. The van der Waals surface area contributed by atoms with Crippen LogP contribution in [0.2, 0.25) is 0 Å². The van der Waals surface area contributed by atoms with Crippen molar-refractivity contribution < 1.29 is 9.47 Å². The fraction of sp³-hybridized carbons (Fsp3) is 0.190. The molecule has 3 heteroatoms. The van der Waals surface area contributed by atoms with Crippen LogP contribution in [0, 0.1) is 0 Å². The summed E-state index contributed by atoms with van der Waals surface area (Å²) >= 11 is 0. The summed E-state index contributed by atoms with van der Waals surface area (Å²) in [6, 6.07) is 24.3. The Morgan fingerprint density at radius 3 is 2.25 bits per heavy atom. The van der Waals surface area contributed by atoms with E-state index in [1.165, 1.54) is 11.1 Å². The lowest BCUT2D eigenvalue weighted by molar-refractivity contribution is 0.138. The summed E-state index contributed by atoms with van der Waals surface area (Å²) in [5, 5.41) is 0. The molecule has 0 bridgehead atoms. The van der Waals surface area contributed by atoms with Crippen LogP contribution in [0.4, 0.5) is 0 Å². The molecule has 122 valence electrons. The first kappa shape index (κ1) is 16.1. The number of ether oxygens (including phenoxy) is 2. The van der Waals surface area contributed by atoms with Crippen molar-refractivity contribution in [3.05, 3.63) is 90.1 Å². The first-order chi connectivity index (χ1) is 11.8. The minimum atomic E-state index is -0.0658. The molecule has 3 aromatic rings. The predicted octanol–water partition coefficient (Wildman–Crippen LogP) is 4.52. The molecule has 1 unspecified atom stereocenters. The molecule has 0 amide bonds. The molecule has 2 aromatic carbocycles. The molecular formula is C21H21NO2. The van der Waals surface area contributed by atoms with Gasteiger partial charge in [-0.2, -0.15) is 0 Å². The van der Waals surface area contributed by atoms with E-state index < -0.39 is 0 Å². The van der Waals surface area contributed by atoms with Gasteiger partial charge in [-0.15, -0.1) is 0 Å². The van der Waals surface area contributed by atoms with Gasteiger partial charge in [0.25, 0.3) is 0 Å². The van der Waals surface area contributed by atoms with Crippen molar-refractivity contribution >= 4 is 0 Å². The van der Waals surface area contributed by atoms with Gasteiger partial charge in [0.15, 0.2) is 0 Å². The van der Waals surface area contributed by atoms with E-state index >= 15 is 0 Å². The lowest BCUT2D eigenvalue weighted by Crippen LogP contribution is -2.21. The number of benzene rings is 2. The van der Waals surface area contributed by atoms with E-state index in [1.54, 1.807) is 6.20 Å². The Hall–Kier alpha value is -2.81. The predicted molar refractivity (Wildman–Crippen MR) is 95.5 cm³/mol. The number of nitrogens with zero attached hydrogens (tertiary/aromatic N) is 1. The second kappa shape index (κ2) is 8.16. The Morgan fingerprint density at radius 1 is 0.833 bits per heavy atom. The highest BCUT2D eigenvalue weighted by Crippen LogP contribution is 2.16. The highest BCUT2D eigenvalue weighted by Gasteiger charge is 2.06. The Morgan fingerprint density at radius 2 is 1.54 bits per heavy atom. The maximum atomic E-state index is 5.79. The van der Waals surface area contributed by atoms with Crippen LogP contribution in [-0.2, 0) is 6.42 Å². The first-order valence-corrected chi connectivity index (χ1v) is 8.13. The minimum Gasteiger partial charge on any atom is -0.490 e. The second-order valence-electron chi connectivity index (χ2n) is 5.71. The topological polar surface area (TPSA) is 31.4 Å². The zero-order valence-corrected chi connectivity index (χ0v) is 13.8. The maximum Gasteiger partial charge on any atom is 0.213 e. The summed E-state index contributed by atoms with van der Waals surface area (Å²) in [6.45, 7) is 2.45. The van der Waals surface area contributed by atoms with Crippen LogP contribution in [0.3, 0.4) is 0 Å². The van der Waals surface area contributed by atoms with Gasteiger partial charge in [0, 0.05) is 12.3 Å². The Kier molecular flexibility index (Phi) is 5.46. The van der Waals surface area contributed by atoms with Crippen molar-refractivity contribution in [3.8, 4) is 11.6 Å². The van der Waals surface area contributed by atoms with E-state index in [2.05, 4.69) is 41.4 Å². The number of pyridine rings is 1. The van der Waals surface area contributed by atoms with Gasteiger partial charge in [0.2, 0.25) is 5.88 Å². The smallest absolute Gasteiger partial charge is 0.213 e. The summed E-state index contributed by atoms with van der Waals surface area (Å²) in [4.78, 5) is 4.15. The number of hydrogen-bond acceptors (Lipinski definition) is 3. The van der Waals surface area contributed by atoms with E-state index in [4.69, 9.17) is 9.47 Å².